The molecular weight excluding hydrogens is 252 g/mol. The molecule has 19 heavy (non-hydrogen) atoms. The summed E-state index contributed by atoms with van der Waals surface area (Å²) in [4.78, 5) is 0. The SMILES string of the molecule is CC(C)[Si](OCc1ccc(O)cc1)(C(C)C)C(C)C. The van der Waals surface area contributed by atoms with E-state index in [0.29, 0.717) is 29.0 Å². The van der Waals surface area contributed by atoms with Crippen LogP contribution in [0.5, 0.6) is 5.75 Å². The number of hydrogen-bond acceptors (Lipinski definition) is 2. The van der Waals surface area contributed by atoms with E-state index in [4.69, 9.17) is 4.43 Å². The molecule has 0 aliphatic carbocycles. The maximum absolute atomic E-state index is 9.32. The Morgan fingerprint density at radius 3 is 1.68 bits per heavy atom. The van der Waals surface area contributed by atoms with Crippen LogP contribution in [0.25, 0.3) is 0 Å². The third-order valence-corrected chi connectivity index (χ3v) is 10.2. The van der Waals surface area contributed by atoms with Crippen LogP contribution in [0.4, 0.5) is 0 Å². The monoisotopic (exact) mass is 280 g/mol. The maximum Gasteiger partial charge on any atom is 0.200 e. The van der Waals surface area contributed by atoms with Gasteiger partial charge in [-0.2, -0.15) is 0 Å². The largest absolute Gasteiger partial charge is 0.508 e. The molecule has 0 fully saturated rings. The number of phenols is 1. The van der Waals surface area contributed by atoms with Gasteiger partial charge >= 0.3 is 0 Å². The van der Waals surface area contributed by atoms with Gasteiger partial charge in [0.15, 0.2) is 0 Å². The molecule has 2 nitrogen and oxygen atoms in total. The van der Waals surface area contributed by atoms with Crippen molar-refractivity contribution in [3.8, 4) is 5.75 Å². The van der Waals surface area contributed by atoms with Crippen LogP contribution < -0.4 is 0 Å². The highest BCUT2D eigenvalue weighted by molar-refractivity contribution is 6.77. The molecule has 108 valence electrons. The summed E-state index contributed by atoms with van der Waals surface area (Å²) in [5.41, 5.74) is 2.94. The van der Waals surface area contributed by atoms with E-state index in [2.05, 4.69) is 41.5 Å². The molecule has 0 atom stereocenters. The van der Waals surface area contributed by atoms with E-state index in [1.807, 2.05) is 12.1 Å². The average Bonchev–Trinajstić information content (AvgIpc) is 2.30. The molecule has 3 heteroatoms. The van der Waals surface area contributed by atoms with Crippen molar-refractivity contribution >= 4 is 8.32 Å². The van der Waals surface area contributed by atoms with E-state index in [1.54, 1.807) is 12.1 Å². The van der Waals surface area contributed by atoms with Crippen molar-refractivity contribution in [2.75, 3.05) is 0 Å². The zero-order valence-electron chi connectivity index (χ0n) is 13.1. The van der Waals surface area contributed by atoms with E-state index >= 15 is 0 Å². The molecule has 1 aromatic rings. The zero-order chi connectivity index (χ0) is 14.6. The minimum absolute atomic E-state index is 0.309. The lowest BCUT2D eigenvalue weighted by atomic mass is 10.2. The first-order valence-corrected chi connectivity index (χ1v) is 9.36. The van der Waals surface area contributed by atoms with Gasteiger partial charge in [0.25, 0.3) is 0 Å². The Hall–Kier alpha value is -0.803. The lowest BCUT2D eigenvalue weighted by Crippen LogP contribution is -2.47. The summed E-state index contributed by atoms with van der Waals surface area (Å²) >= 11 is 0. The van der Waals surface area contributed by atoms with Crippen molar-refractivity contribution < 1.29 is 9.53 Å². The summed E-state index contributed by atoms with van der Waals surface area (Å²) in [7, 11) is -1.79. The summed E-state index contributed by atoms with van der Waals surface area (Å²) < 4.78 is 6.50. The molecule has 0 bridgehead atoms. The van der Waals surface area contributed by atoms with Gasteiger partial charge < -0.3 is 9.53 Å². The van der Waals surface area contributed by atoms with Crippen molar-refractivity contribution in [1.29, 1.82) is 0 Å². The van der Waals surface area contributed by atoms with Gasteiger partial charge in [0.2, 0.25) is 8.32 Å². The third kappa shape index (κ3) is 3.60. The van der Waals surface area contributed by atoms with Crippen molar-refractivity contribution in [3.63, 3.8) is 0 Å². The molecule has 0 saturated heterocycles. The van der Waals surface area contributed by atoms with Crippen LogP contribution >= 0.6 is 0 Å². The normalized spacial score (nSPS) is 12.7. The molecule has 0 amide bonds. The number of benzene rings is 1. The molecule has 1 rings (SSSR count). The second-order valence-electron chi connectivity index (χ2n) is 6.27. The molecule has 0 heterocycles. The number of rotatable bonds is 6. The van der Waals surface area contributed by atoms with Crippen molar-refractivity contribution in [2.45, 2.75) is 64.8 Å². The molecule has 0 aliphatic heterocycles. The van der Waals surface area contributed by atoms with Gasteiger partial charge in [0, 0.05) is 0 Å². The fourth-order valence-electron chi connectivity index (χ4n) is 3.30. The fourth-order valence-corrected chi connectivity index (χ4v) is 8.72. The molecule has 1 aromatic carbocycles. The van der Waals surface area contributed by atoms with Gasteiger partial charge in [0.1, 0.15) is 5.75 Å². The Morgan fingerprint density at radius 1 is 0.895 bits per heavy atom. The summed E-state index contributed by atoms with van der Waals surface area (Å²) in [5, 5.41) is 9.32. The molecule has 0 radical (unpaired) electrons. The highest BCUT2D eigenvalue weighted by Crippen LogP contribution is 2.42. The van der Waals surface area contributed by atoms with E-state index < -0.39 is 8.32 Å². The van der Waals surface area contributed by atoms with Gasteiger partial charge in [-0.15, -0.1) is 0 Å². The lowest BCUT2D eigenvalue weighted by Gasteiger charge is -2.42. The Labute approximate surface area is 118 Å². The Kier molecular flexibility index (Phi) is 5.62. The summed E-state index contributed by atoms with van der Waals surface area (Å²) in [6.45, 7) is 14.4. The van der Waals surface area contributed by atoms with E-state index in [-0.39, 0.29) is 0 Å². The van der Waals surface area contributed by atoms with Crippen molar-refractivity contribution in [2.24, 2.45) is 0 Å². The fraction of sp³-hybridized carbons (Fsp3) is 0.625. The highest BCUT2D eigenvalue weighted by atomic mass is 28.4. The number of aromatic hydroxyl groups is 1. The predicted molar refractivity (Wildman–Crippen MR) is 83.9 cm³/mol. The Balaban J connectivity index is 2.87. The molecule has 0 saturated carbocycles. The van der Waals surface area contributed by atoms with E-state index in [0.717, 1.165) is 5.56 Å². The molecule has 0 spiro atoms. The molecule has 0 unspecified atom stereocenters. The smallest absolute Gasteiger partial charge is 0.200 e. The van der Waals surface area contributed by atoms with Crippen LogP contribution in [-0.4, -0.2) is 13.4 Å². The average molecular weight is 280 g/mol. The van der Waals surface area contributed by atoms with Crippen LogP contribution in [0, 0.1) is 0 Å². The quantitative estimate of drug-likeness (QED) is 0.736. The Bertz CT molecular complexity index is 360. The molecule has 0 aromatic heterocycles. The first kappa shape index (κ1) is 16.3. The molecule has 1 N–H and O–H groups in total. The summed E-state index contributed by atoms with van der Waals surface area (Å²) in [5.74, 6) is 0.309. The Morgan fingerprint density at radius 2 is 1.32 bits per heavy atom. The summed E-state index contributed by atoms with van der Waals surface area (Å²) in [6.07, 6.45) is 0. The van der Waals surface area contributed by atoms with Crippen LogP contribution in [-0.2, 0) is 11.0 Å². The second-order valence-corrected chi connectivity index (χ2v) is 11.7. The van der Waals surface area contributed by atoms with Crippen LogP contribution in [0.3, 0.4) is 0 Å². The van der Waals surface area contributed by atoms with Crippen molar-refractivity contribution in [1.82, 2.24) is 0 Å². The summed E-state index contributed by atoms with van der Waals surface area (Å²) in [6, 6.07) is 7.33. The van der Waals surface area contributed by atoms with E-state index in [9.17, 15) is 5.11 Å². The van der Waals surface area contributed by atoms with Gasteiger partial charge in [-0.25, -0.2) is 0 Å². The zero-order valence-corrected chi connectivity index (χ0v) is 14.1. The van der Waals surface area contributed by atoms with E-state index in [1.165, 1.54) is 0 Å². The first-order chi connectivity index (χ1) is 8.80. The number of hydrogen-bond donors (Lipinski definition) is 1. The molecular formula is C16H28O2Si. The highest BCUT2D eigenvalue weighted by Gasteiger charge is 2.44. The van der Waals surface area contributed by atoms with Crippen LogP contribution in [0.15, 0.2) is 24.3 Å². The maximum atomic E-state index is 9.32. The molecule has 0 aliphatic rings. The second kappa shape index (κ2) is 6.57. The van der Waals surface area contributed by atoms with Crippen LogP contribution in [0.2, 0.25) is 16.6 Å². The van der Waals surface area contributed by atoms with Gasteiger partial charge in [-0.05, 0) is 34.3 Å². The van der Waals surface area contributed by atoms with Gasteiger partial charge in [-0.1, -0.05) is 53.7 Å². The lowest BCUT2D eigenvalue weighted by molar-refractivity contribution is 0.266. The minimum Gasteiger partial charge on any atom is -0.508 e. The predicted octanol–water partition coefficient (Wildman–Crippen LogP) is 5.08. The van der Waals surface area contributed by atoms with Gasteiger partial charge in [-0.3, -0.25) is 0 Å². The topological polar surface area (TPSA) is 29.5 Å². The third-order valence-electron chi connectivity index (χ3n) is 4.13. The van der Waals surface area contributed by atoms with Crippen LogP contribution in [0.1, 0.15) is 47.1 Å². The minimum atomic E-state index is -1.79. The first-order valence-electron chi connectivity index (χ1n) is 7.22. The van der Waals surface area contributed by atoms with Gasteiger partial charge in [0.05, 0.1) is 6.61 Å². The van der Waals surface area contributed by atoms with Crippen molar-refractivity contribution in [3.05, 3.63) is 29.8 Å². The standard InChI is InChI=1S/C16H28O2Si/c1-12(2)19(13(3)4,14(5)6)18-11-15-7-9-16(17)10-8-15/h7-10,12-14,17H,11H2,1-6H3. The number of phenolic OH excluding ortho intramolecular Hbond substituents is 1.